The van der Waals surface area contributed by atoms with Crippen molar-refractivity contribution in [2.45, 2.75) is 58.3 Å². The fourth-order valence-electron chi connectivity index (χ4n) is 1.46. The summed E-state index contributed by atoms with van der Waals surface area (Å²) in [4.78, 5) is 0. The molecule has 0 unspecified atom stereocenters. The highest BCUT2D eigenvalue weighted by molar-refractivity contribution is 7.83. The van der Waals surface area contributed by atoms with Crippen LogP contribution in [-0.4, -0.2) is 19.5 Å². The second-order valence-corrected chi connectivity index (χ2v) is 5.02. The molecule has 0 fully saturated rings. The Morgan fingerprint density at radius 3 is 1.87 bits per heavy atom. The van der Waals surface area contributed by atoms with Crippen LogP contribution in [0.15, 0.2) is 0 Å². The summed E-state index contributed by atoms with van der Waals surface area (Å²) in [6.07, 6.45) is 9.21. The number of rotatable bonds is 10. The van der Waals surface area contributed by atoms with Gasteiger partial charge in [0.1, 0.15) is 0 Å². The lowest BCUT2D eigenvalue weighted by Crippen LogP contribution is -2.23. The standard InChI is InChI=1S/C10H23NO3S/c1-2-3-4-5-6-7-8-9-10-11-15(12,13)14/h11H,2-10H2,1H3,(H,12,13,14)/p-1. The smallest absolute Gasteiger partial charge is 0.159 e. The topological polar surface area (TPSA) is 69.2 Å². The van der Waals surface area contributed by atoms with Crippen molar-refractivity contribution in [3.05, 3.63) is 0 Å². The summed E-state index contributed by atoms with van der Waals surface area (Å²) >= 11 is 0. The maximum atomic E-state index is 10.2. The average molecular weight is 236 g/mol. The van der Waals surface area contributed by atoms with Crippen LogP contribution in [-0.2, 0) is 10.3 Å². The number of nitrogens with one attached hydrogen (secondary N) is 1. The quantitative estimate of drug-likeness (QED) is 0.467. The van der Waals surface area contributed by atoms with Crippen molar-refractivity contribution >= 4 is 10.3 Å². The minimum atomic E-state index is -4.23. The average Bonchev–Trinajstić information content (AvgIpc) is 2.14. The largest absolute Gasteiger partial charge is 0.735 e. The summed E-state index contributed by atoms with van der Waals surface area (Å²) in [6, 6.07) is 0. The SMILES string of the molecule is CCCCCCCCCCNS(=O)(=O)[O-]. The molecule has 0 atom stereocenters. The van der Waals surface area contributed by atoms with Gasteiger partial charge in [-0.15, -0.1) is 0 Å². The fraction of sp³-hybridized carbons (Fsp3) is 1.00. The lowest BCUT2D eigenvalue weighted by Gasteiger charge is -2.08. The van der Waals surface area contributed by atoms with Crippen molar-refractivity contribution in [2.75, 3.05) is 6.54 Å². The van der Waals surface area contributed by atoms with Crippen molar-refractivity contribution < 1.29 is 13.0 Å². The van der Waals surface area contributed by atoms with Crippen molar-refractivity contribution in [1.29, 1.82) is 0 Å². The van der Waals surface area contributed by atoms with Gasteiger partial charge >= 0.3 is 0 Å². The molecule has 0 heterocycles. The Kier molecular flexibility index (Phi) is 9.04. The minimum absolute atomic E-state index is 0.279. The maximum Gasteiger partial charge on any atom is 0.159 e. The third kappa shape index (κ3) is 13.9. The van der Waals surface area contributed by atoms with E-state index in [9.17, 15) is 13.0 Å². The van der Waals surface area contributed by atoms with E-state index < -0.39 is 10.3 Å². The van der Waals surface area contributed by atoms with Crippen LogP contribution in [0, 0.1) is 0 Å². The molecule has 0 aromatic heterocycles. The van der Waals surface area contributed by atoms with Gasteiger partial charge in [-0.1, -0.05) is 51.9 Å². The van der Waals surface area contributed by atoms with Crippen LogP contribution in [0.1, 0.15) is 58.3 Å². The Morgan fingerprint density at radius 1 is 0.933 bits per heavy atom. The van der Waals surface area contributed by atoms with E-state index in [2.05, 4.69) is 6.92 Å². The third-order valence-electron chi connectivity index (χ3n) is 2.31. The van der Waals surface area contributed by atoms with Gasteiger partial charge in [0, 0.05) is 6.54 Å². The Bertz CT molecular complexity index is 227. The van der Waals surface area contributed by atoms with Gasteiger partial charge in [-0.05, 0) is 6.42 Å². The van der Waals surface area contributed by atoms with Crippen LogP contribution < -0.4 is 4.72 Å². The Labute approximate surface area is 93.3 Å². The molecular formula is C10H22NO3S-. The zero-order valence-corrected chi connectivity index (χ0v) is 10.3. The lowest BCUT2D eigenvalue weighted by molar-refractivity contribution is 0.446. The Hall–Kier alpha value is -0.130. The molecule has 0 spiro atoms. The minimum Gasteiger partial charge on any atom is -0.735 e. The molecule has 0 aliphatic carbocycles. The summed E-state index contributed by atoms with van der Waals surface area (Å²) < 4.78 is 32.5. The van der Waals surface area contributed by atoms with Gasteiger partial charge in [0.25, 0.3) is 0 Å². The third-order valence-corrected chi connectivity index (χ3v) is 2.87. The molecule has 0 saturated carbocycles. The van der Waals surface area contributed by atoms with Gasteiger partial charge in [-0.3, -0.25) is 0 Å². The first-order chi connectivity index (χ1) is 7.06. The molecule has 0 radical (unpaired) electrons. The molecule has 0 aliphatic heterocycles. The van der Waals surface area contributed by atoms with E-state index in [1.165, 1.54) is 32.1 Å². The van der Waals surface area contributed by atoms with E-state index in [1.54, 1.807) is 0 Å². The highest BCUT2D eigenvalue weighted by atomic mass is 32.2. The van der Waals surface area contributed by atoms with Gasteiger partial charge < -0.3 is 4.55 Å². The highest BCUT2D eigenvalue weighted by Gasteiger charge is 1.94. The van der Waals surface area contributed by atoms with Gasteiger partial charge in [0.05, 0.1) is 0 Å². The molecule has 0 rings (SSSR count). The van der Waals surface area contributed by atoms with Crippen LogP contribution in [0.3, 0.4) is 0 Å². The van der Waals surface area contributed by atoms with Crippen molar-refractivity contribution in [2.24, 2.45) is 0 Å². The first-order valence-corrected chi connectivity index (χ1v) is 7.17. The molecule has 5 heteroatoms. The van der Waals surface area contributed by atoms with Gasteiger partial charge in [-0.25, -0.2) is 13.1 Å². The normalized spacial score (nSPS) is 11.9. The fourth-order valence-corrected chi connectivity index (χ4v) is 1.85. The summed E-state index contributed by atoms with van der Waals surface area (Å²) in [5.74, 6) is 0. The monoisotopic (exact) mass is 236 g/mol. The van der Waals surface area contributed by atoms with E-state index in [0.717, 1.165) is 19.3 Å². The summed E-state index contributed by atoms with van der Waals surface area (Å²) in [7, 11) is -4.23. The molecule has 0 bridgehead atoms. The van der Waals surface area contributed by atoms with Crippen LogP contribution >= 0.6 is 0 Å². The second-order valence-electron chi connectivity index (χ2n) is 3.82. The molecule has 0 aliphatic rings. The highest BCUT2D eigenvalue weighted by Crippen LogP contribution is 2.07. The molecule has 15 heavy (non-hydrogen) atoms. The van der Waals surface area contributed by atoms with Crippen molar-refractivity contribution in [1.82, 2.24) is 4.72 Å². The van der Waals surface area contributed by atoms with Gasteiger partial charge in [0.15, 0.2) is 10.3 Å². The molecule has 0 amide bonds. The molecule has 92 valence electrons. The number of unbranched alkanes of at least 4 members (excludes halogenated alkanes) is 7. The lowest BCUT2D eigenvalue weighted by atomic mass is 10.1. The van der Waals surface area contributed by atoms with Crippen LogP contribution in [0.5, 0.6) is 0 Å². The number of hydrogen-bond acceptors (Lipinski definition) is 3. The molecular weight excluding hydrogens is 214 g/mol. The first kappa shape index (κ1) is 14.9. The Balaban J connectivity index is 3.06. The van der Waals surface area contributed by atoms with Gasteiger partial charge in [0.2, 0.25) is 0 Å². The Morgan fingerprint density at radius 2 is 1.40 bits per heavy atom. The van der Waals surface area contributed by atoms with Crippen molar-refractivity contribution in [3.63, 3.8) is 0 Å². The maximum absolute atomic E-state index is 10.2. The van der Waals surface area contributed by atoms with E-state index in [1.807, 2.05) is 4.72 Å². The zero-order chi connectivity index (χ0) is 11.6. The van der Waals surface area contributed by atoms with Crippen molar-refractivity contribution in [3.8, 4) is 0 Å². The molecule has 0 saturated heterocycles. The van der Waals surface area contributed by atoms with Crippen LogP contribution in [0.4, 0.5) is 0 Å². The second kappa shape index (κ2) is 9.12. The van der Waals surface area contributed by atoms with Gasteiger partial charge in [-0.2, -0.15) is 0 Å². The molecule has 1 N–H and O–H groups in total. The van der Waals surface area contributed by atoms with Crippen LogP contribution in [0.25, 0.3) is 0 Å². The van der Waals surface area contributed by atoms with Crippen LogP contribution in [0.2, 0.25) is 0 Å². The molecule has 0 aromatic carbocycles. The van der Waals surface area contributed by atoms with E-state index in [-0.39, 0.29) is 6.54 Å². The predicted octanol–water partition coefficient (Wildman–Crippen LogP) is 2.18. The summed E-state index contributed by atoms with van der Waals surface area (Å²) in [5, 5.41) is 0. The van der Waals surface area contributed by atoms with E-state index in [4.69, 9.17) is 0 Å². The molecule has 0 aromatic rings. The first-order valence-electron chi connectivity index (χ1n) is 5.76. The van der Waals surface area contributed by atoms with E-state index in [0.29, 0.717) is 0 Å². The molecule has 4 nitrogen and oxygen atoms in total. The zero-order valence-electron chi connectivity index (χ0n) is 9.50. The summed E-state index contributed by atoms with van der Waals surface area (Å²) in [6.45, 7) is 2.47. The number of hydrogen-bond donors (Lipinski definition) is 1. The predicted molar refractivity (Wildman–Crippen MR) is 60.3 cm³/mol. The van der Waals surface area contributed by atoms with E-state index >= 15 is 0 Å². The summed E-state index contributed by atoms with van der Waals surface area (Å²) in [5.41, 5.74) is 0.